The number of nitrogens with zero attached hydrogens (tertiary/aromatic N) is 3. The number of nitrogens with one attached hydrogen (secondary N) is 1. The fourth-order valence-corrected chi connectivity index (χ4v) is 1.87. The molecule has 0 saturated carbocycles. The Morgan fingerprint density at radius 3 is 3.06 bits per heavy atom. The minimum atomic E-state index is 0.0621. The third-order valence-corrected chi connectivity index (χ3v) is 2.91. The van der Waals surface area contributed by atoms with Crippen LogP contribution < -0.4 is 5.32 Å². The van der Waals surface area contributed by atoms with Gasteiger partial charge in [0.25, 0.3) is 0 Å². The third kappa shape index (κ3) is 3.49. The van der Waals surface area contributed by atoms with Crippen LogP contribution in [0.2, 0.25) is 0 Å². The molecule has 0 aliphatic carbocycles. The number of aryl methyl sites for hydroxylation is 1. The summed E-state index contributed by atoms with van der Waals surface area (Å²) >= 11 is 0. The molecule has 2 rings (SSSR count). The van der Waals surface area contributed by atoms with E-state index < -0.39 is 0 Å². The highest BCUT2D eigenvalue weighted by Crippen LogP contribution is 2.10. The van der Waals surface area contributed by atoms with Gasteiger partial charge in [-0.25, -0.2) is 0 Å². The second-order valence-electron chi connectivity index (χ2n) is 4.56. The van der Waals surface area contributed by atoms with E-state index in [1.54, 1.807) is 0 Å². The summed E-state index contributed by atoms with van der Waals surface area (Å²) < 4.78 is 10.8. The van der Waals surface area contributed by atoms with Gasteiger partial charge in [-0.3, -0.25) is 0 Å². The van der Waals surface area contributed by atoms with Crippen LogP contribution in [0.3, 0.4) is 0 Å². The highest BCUT2D eigenvalue weighted by Gasteiger charge is 2.19. The molecule has 0 radical (unpaired) electrons. The van der Waals surface area contributed by atoms with Crippen molar-refractivity contribution in [2.45, 2.75) is 26.0 Å². The quantitative estimate of drug-likeness (QED) is 0.820. The van der Waals surface area contributed by atoms with E-state index in [0.717, 1.165) is 26.2 Å². The smallest absolute Gasteiger partial charge is 0.243 e. The molecule has 0 bridgehead atoms. The van der Waals surface area contributed by atoms with Gasteiger partial charge in [0.15, 0.2) is 5.82 Å². The third-order valence-electron chi connectivity index (χ3n) is 2.91. The van der Waals surface area contributed by atoms with E-state index in [2.05, 4.69) is 27.4 Å². The zero-order valence-corrected chi connectivity index (χ0v) is 10.6. The minimum Gasteiger partial charge on any atom is -0.374 e. The average Bonchev–Trinajstić information content (AvgIpc) is 2.73. The molecule has 1 saturated heterocycles. The molecular weight excluding hydrogens is 220 g/mol. The maximum Gasteiger partial charge on any atom is 0.243 e. The van der Waals surface area contributed by atoms with Crippen LogP contribution in [0.4, 0.5) is 0 Å². The van der Waals surface area contributed by atoms with E-state index in [-0.39, 0.29) is 12.1 Å². The predicted octanol–water partition coefficient (Wildman–Crippen LogP) is 0.359. The first-order valence-corrected chi connectivity index (χ1v) is 5.99. The summed E-state index contributed by atoms with van der Waals surface area (Å²) in [4.78, 5) is 6.47. The van der Waals surface area contributed by atoms with Crippen molar-refractivity contribution in [3.8, 4) is 0 Å². The molecule has 0 aromatic carbocycles. The first kappa shape index (κ1) is 12.5. The molecule has 2 heterocycles. The van der Waals surface area contributed by atoms with Gasteiger partial charge < -0.3 is 19.5 Å². The van der Waals surface area contributed by atoms with Crippen molar-refractivity contribution in [3.05, 3.63) is 11.7 Å². The summed E-state index contributed by atoms with van der Waals surface area (Å²) in [7, 11) is 2.11. The van der Waals surface area contributed by atoms with Gasteiger partial charge in [-0.05, 0) is 20.9 Å². The van der Waals surface area contributed by atoms with Crippen LogP contribution in [0.5, 0.6) is 0 Å². The Morgan fingerprint density at radius 1 is 1.59 bits per heavy atom. The summed E-state index contributed by atoms with van der Waals surface area (Å²) in [6, 6.07) is 0.0621. The zero-order valence-electron chi connectivity index (χ0n) is 10.6. The monoisotopic (exact) mass is 240 g/mol. The Hall–Kier alpha value is -0.980. The van der Waals surface area contributed by atoms with Crippen molar-refractivity contribution in [1.82, 2.24) is 20.4 Å². The molecule has 1 fully saturated rings. The van der Waals surface area contributed by atoms with Crippen molar-refractivity contribution in [2.24, 2.45) is 0 Å². The van der Waals surface area contributed by atoms with Gasteiger partial charge in [0.2, 0.25) is 5.89 Å². The van der Waals surface area contributed by atoms with Crippen molar-refractivity contribution in [3.63, 3.8) is 0 Å². The Labute approximate surface area is 101 Å². The Morgan fingerprint density at radius 2 is 2.41 bits per heavy atom. The van der Waals surface area contributed by atoms with E-state index >= 15 is 0 Å². The van der Waals surface area contributed by atoms with Gasteiger partial charge in [-0.2, -0.15) is 4.98 Å². The highest BCUT2D eigenvalue weighted by molar-refractivity contribution is 4.89. The lowest BCUT2D eigenvalue weighted by molar-refractivity contribution is -0.0194. The largest absolute Gasteiger partial charge is 0.374 e. The molecule has 2 atom stereocenters. The Balaban J connectivity index is 1.77. The lowest BCUT2D eigenvalue weighted by atomic mass is 10.2. The van der Waals surface area contributed by atoms with Gasteiger partial charge >= 0.3 is 0 Å². The second-order valence-corrected chi connectivity index (χ2v) is 4.56. The topological polar surface area (TPSA) is 63.4 Å². The van der Waals surface area contributed by atoms with Crippen LogP contribution in [-0.4, -0.2) is 54.4 Å². The maximum absolute atomic E-state index is 5.67. The molecule has 1 aromatic rings. The van der Waals surface area contributed by atoms with E-state index in [4.69, 9.17) is 9.26 Å². The molecule has 1 N–H and O–H groups in total. The number of hydrogen-bond donors (Lipinski definition) is 1. The van der Waals surface area contributed by atoms with Gasteiger partial charge in [0.05, 0.1) is 18.8 Å². The lowest BCUT2D eigenvalue weighted by Crippen LogP contribution is -2.45. The van der Waals surface area contributed by atoms with Crippen molar-refractivity contribution >= 4 is 0 Å². The first-order valence-electron chi connectivity index (χ1n) is 5.99. The van der Waals surface area contributed by atoms with Gasteiger partial charge in [0, 0.05) is 19.6 Å². The zero-order chi connectivity index (χ0) is 12.3. The Bertz CT molecular complexity index is 355. The molecule has 0 unspecified atom stereocenters. The van der Waals surface area contributed by atoms with Crippen molar-refractivity contribution in [2.75, 3.05) is 33.3 Å². The second kappa shape index (κ2) is 5.57. The summed E-state index contributed by atoms with van der Waals surface area (Å²) in [6.07, 6.45) is 0.236. The summed E-state index contributed by atoms with van der Waals surface area (Å²) in [6.45, 7) is 7.40. The van der Waals surface area contributed by atoms with Gasteiger partial charge in [-0.1, -0.05) is 5.16 Å². The molecule has 96 valence electrons. The van der Waals surface area contributed by atoms with Crippen LogP contribution in [-0.2, 0) is 4.74 Å². The van der Waals surface area contributed by atoms with Crippen LogP contribution in [0.25, 0.3) is 0 Å². The van der Waals surface area contributed by atoms with Crippen LogP contribution in [0.15, 0.2) is 4.52 Å². The normalized spacial score (nSPS) is 23.8. The molecular formula is C11H20N4O2. The number of hydrogen-bond acceptors (Lipinski definition) is 6. The van der Waals surface area contributed by atoms with Crippen LogP contribution in [0.1, 0.15) is 24.7 Å². The summed E-state index contributed by atoms with van der Waals surface area (Å²) in [5.74, 6) is 1.30. The standard InChI is InChI=1S/C11H20N4O2/c1-8(11-13-9(2)14-17-11)12-6-10-7-15(3)4-5-16-10/h8,10,12H,4-7H2,1-3H3/t8-,10+/m0/s1. The van der Waals surface area contributed by atoms with Gasteiger partial charge in [-0.15, -0.1) is 0 Å². The number of likely N-dealkylation sites (N-methyl/N-ethyl adjacent to an activating group) is 1. The van der Waals surface area contributed by atoms with Crippen LogP contribution >= 0.6 is 0 Å². The number of aromatic nitrogens is 2. The molecule has 0 spiro atoms. The average molecular weight is 240 g/mol. The van der Waals surface area contributed by atoms with Crippen LogP contribution in [0, 0.1) is 6.92 Å². The van der Waals surface area contributed by atoms with E-state index in [1.165, 1.54) is 0 Å². The number of rotatable bonds is 4. The molecule has 6 heteroatoms. The van der Waals surface area contributed by atoms with E-state index in [0.29, 0.717) is 11.7 Å². The fraction of sp³-hybridized carbons (Fsp3) is 0.818. The first-order chi connectivity index (χ1) is 8.15. The Kier molecular flexibility index (Phi) is 4.09. The highest BCUT2D eigenvalue weighted by atomic mass is 16.5. The molecule has 17 heavy (non-hydrogen) atoms. The molecule has 1 aliphatic heterocycles. The minimum absolute atomic E-state index is 0.0621. The van der Waals surface area contributed by atoms with E-state index in [1.807, 2.05) is 13.8 Å². The SMILES string of the molecule is Cc1noc([C@H](C)NC[C@@H]2CN(C)CCO2)n1. The number of ether oxygens (including phenoxy) is 1. The summed E-state index contributed by atoms with van der Waals surface area (Å²) in [5, 5.41) is 7.13. The molecule has 6 nitrogen and oxygen atoms in total. The summed E-state index contributed by atoms with van der Waals surface area (Å²) in [5.41, 5.74) is 0. The van der Waals surface area contributed by atoms with E-state index in [9.17, 15) is 0 Å². The fourth-order valence-electron chi connectivity index (χ4n) is 1.87. The molecule has 1 aliphatic rings. The number of morpholine rings is 1. The predicted molar refractivity (Wildman–Crippen MR) is 62.7 cm³/mol. The molecule has 1 aromatic heterocycles. The molecule has 0 amide bonds. The van der Waals surface area contributed by atoms with Gasteiger partial charge in [0.1, 0.15) is 0 Å². The maximum atomic E-state index is 5.67. The lowest BCUT2D eigenvalue weighted by Gasteiger charge is -2.30. The van der Waals surface area contributed by atoms with Crippen molar-refractivity contribution in [1.29, 1.82) is 0 Å². The van der Waals surface area contributed by atoms with Crippen molar-refractivity contribution < 1.29 is 9.26 Å².